The summed E-state index contributed by atoms with van der Waals surface area (Å²) in [5.74, 6) is 0.0294. The average Bonchev–Trinajstić information content (AvgIpc) is 2.52. The summed E-state index contributed by atoms with van der Waals surface area (Å²) < 4.78 is 0. The van der Waals surface area contributed by atoms with Gasteiger partial charge in [0.15, 0.2) is 5.78 Å². The fourth-order valence-corrected chi connectivity index (χ4v) is 2.73. The van der Waals surface area contributed by atoms with Crippen molar-refractivity contribution in [2.75, 3.05) is 0 Å². The maximum Gasteiger partial charge on any atom is 0.152 e. The van der Waals surface area contributed by atoms with Crippen LogP contribution in [0.3, 0.4) is 0 Å². The van der Waals surface area contributed by atoms with Crippen LogP contribution in [-0.2, 0) is 4.79 Å². The molecule has 0 saturated heterocycles. The molecule has 0 spiro atoms. The summed E-state index contributed by atoms with van der Waals surface area (Å²) in [6.07, 6.45) is 13.5. The van der Waals surface area contributed by atoms with Gasteiger partial charge in [-0.15, -0.1) is 0 Å². The molecule has 24 heavy (non-hydrogen) atoms. The normalized spacial score (nSPS) is 22.8. The Labute approximate surface area is 145 Å². The first-order valence-corrected chi connectivity index (χ1v) is 8.09. The monoisotopic (exact) mass is 320 g/mol. The Balaban J connectivity index is 2.98. The molecule has 0 radical (unpaired) electrons. The largest absolute Gasteiger partial charge is 0.295 e. The summed E-state index contributed by atoms with van der Waals surface area (Å²) in [7, 11) is 0. The van der Waals surface area contributed by atoms with E-state index in [1.54, 1.807) is 6.08 Å². The van der Waals surface area contributed by atoms with Gasteiger partial charge in [-0.1, -0.05) is 36.0 Å². The summed E-state index contributed by atoms with van der Waals surface area (Å²) in [6, 6.07) is 4.61. The van der Waals surface area contributed by atoms with Gasteiger partial charge in [0.25, 0.3) is 0 Å². The highest BCUT2D eigenvalue weighted by molar-refractivity contribution is 5.88. The summed E-state index contributed by atoms with van der Waals surface area (Å²) in [4.78, 5) is 11.0. The average molecular weight is 320 g/mol. The minimum Gasteiger partial charge on any atom is -0.295 e. The van der Waals surface area contributed by atoms with E-state index in [1.165, 1.54) is 6.92 Å². The predicted octanol–water partition coefficient (Wildman–Crippen LogP) is 5.11. The van der Waals surface area contributed by atoms with Crippen LogP contribution in [0.4, 0.5) is 0 Å². The minimum absolute atomic E-state index is 0.0294. The molecular weight excluding hydrogens is 296 g/mol. The smallest absolute Gasteiger partial charge is 0.152 e. The number of hydrogen-bond acceptors (Lipinski definition) is 3. The van der Waals surface area contributed by atoms with Crippen LogP contribution < -0.4 is 0 Å². The lowest BCUT2D eigenvalue weighted by Gasteiger charge is -2.28. The van der Waals surface area contributed by atoms with Crippen LogP contribution in [0.2, 0.25) is 0 Å². The SMILES string of the molecule is CC(=O)/C=C(C)/C=C/C=C(C)\C=C\C1=C(C#N)CCCC1(C)C#N. The Morgan fingerprint density at radius 2 is 1.88 bits per heavy atom. The van der Waals surface area contributed by atoms with Gasteiger partial charge in [0.1, 0.15) is 0 Å². The number of carbonyl (C=O) groups is 1. The highest BCUT2D eigenvalue weighted by atomic mass is 16.1. The second-order valence-electron chi connectivity index (χ2n) is 6.40. The lowest BCUT2D eigenvalue weighted by molar-refractivity contribution is -0.112. The quantitative estimate of drug-likeness (QED) is 0.522. The van der Waals surface area contributed by atoms with Gasteiger partial charge < -0.3 is 0 Å². The lowest BCUT2D eigenvalue weighted by Crippen LogP contribution is -2.21. The van der Waals surface area contributed by atoms with E-state index in [2.05, 4.69) is 12.1 Å². The predicted molar refractivity (Wildman–Crippen MR) is 96.7 cm³/mol. The topological polar surface area (TPSA) is 64.7 Å². The van der Waals surface area contributed by atoms with Crippen LogP contribution >= 0.6 is 0 Å². The molecule has 0 aromatic heterocycles. The van der Waals surface area contributed by atoms with Gasteiger partial charge in [-0.05, 0) is 64.2 Å². The Kier molecular flexibility index (Phi) is 7.15. The van der Waals surface area contributed by atoms with E-state index in [0.717, 1.165) is 36.0 Å². The van der Waals surface area contributed by atoms with Gasteiger partial charge in [-0.25, -0.2) is 0 Å². The second kappa shape index (κ2) is 8.85. The molecule has 1 aliphatic carbocycles. The standard InChI is InChI=1S/C21H24N2O/c1-16(7-5-8-17(2)13-18(3)24)10-11-20-19(14-22)9-6-12-21(20,4)15-23/h5,7-8,10-11,13H,6,9,12H2,1-4H3/b8-5+,11-10+,16-7-,17-13+. The Morgan fingerprint density at radius 3 is 2.46 bits per heavy atom. The van der Waals surface area contributed by atoms with Crippen molar-refractivity contribution in [3.8, 4) is 12.1 Å². The Bertz CT molecular complexity index is 733. The molecule has 1 unspecified atom stereocenters. The number of rotatable bonds is 5. The third-order valence-corrected chi connectivity index (χ3v) is 4.07. The van der Waals surface area contributed by atoms with Crippen LogP contribution in [0.25, 0.3) is 0 Å². The summed E-state index contributed by atoms with van der Waals surface area (Å²) in [5, 5.41) is 18.8. The molecule has 1 atom stereocenters. The molecule has 0 aromatic rings. The Morgan fingerprint density at radius 1 is 1.17 bits per heavy atom. The molecule has 0 heterocycles. The molecule has 0 saturated carbocycles. The van der Waals surface area contributed by atoms with Crippen molar-refractivity contribution >= 4 is 5.78 Å². The van der Waals surface area contributed by atoms with Crippen molar-refractivity contribution in [2.45, 2.75) is 47.0 Å². The van der Waals surface area contributed by atoms with E-state index < -0.39 is 5.41 Å². The van der Waals surface area contributed by atoms with Crippen molar-refractivity contribution in [3.63, 3.8) is 0 Å². The van der Waals surface area contributed by atoms with Gasteiger partial charge in [-0.3, -0.25) is 4.79 Å². The maximum absolute atomic E-state index is 11.0. The third-order valence-electron chi connectivity index (χ3n) is 4.07. The van der Waals surface area contributed by atoms with Gasteiger partial charge >= 0.3 is 0 Å². The van der Waals surface area contributed by atoms with Crippen LogP contribution in [0, 0.1) is 28.1 Å². The molecule has 0 amide bonds. The van der Waals surface area contributed by atoms with E-state index >= 15 is 0 Å². The molecule has 1 rings (SSSR count). The fourth-order valence-electron chi connectivity index (χ4n) is 2.73. The van der Waals surface area contributed by atoms with Crippen molar-refractivity contribution in [1.29, 1.82) is 10.5 Å². The molecule has 124 valence electrons. The fraction of sp³-hybridized carbons (Fsp3) is 0.381. The van der Waals surface area contributed by atoms with Crippen molar-refractivity contribution in [3.05, 3.63) is 58.7 Å². The zero-order valence-electron chi connectivity index (χ0n) is 14.9. The maximum atomic E-state index is 11.0. The first kappa shape index (κ1) is 19.4. The molecule has 1 aliphatic rings. The highest BCUT2D eigenvalue weighted by Gasteiger charge is 2.33. The molecule has 0 N–H and O–H groups in total. The van der Waals surface area contributed by atoms with Crippen LogP contribution in [-0.4, -0.2) is 5.78 Å². The molecule has 0 bridgehead atoms. The zero-order chi connectivity index (χ0) is 18.2. The van der Waals surface area contributed by atoms with Crippen molar-refractivity contribution in [2.24, 2.45) is 5.41 Å². The van der Waals surface area contributed by atoms with Crippen molar-refractivity contribution < 1.29 is 4.79 Å². The number of nitriles is 2. The van der Waals surface area contributed by atoms with Gasteiger partial charge in [-0.2, -0.15) is 10.5 Å². The first-order valence-electron chi connectivity index (χ1n) is 8.09. The number of allylic oxidation sites excluding steroid dienone is 10. The number of hydrogen-bond donors (Lipinski definition) is 0. The van der Waals surface area contributed by atoms with E-state index in [-0.39, 0.29) is 5.78 Å². The van der Waals surface area contributed by atoms with E-state index in [4.69, 9.17) is 0 Å². The van der Waals surface area contributed by atoms with Crippen LogP contribution in [0.15, 0.2) is 58.7 Å². The van der Waals surface area contributed by atoms with Crippen LogP contribution in [0.5, 0.6) is 0 Å². The first-order chi connectivity index (χ1) is 11.3. The molecule has 3 nitrogen and oxygen atoms in total. The molecule has 0 aromatic carbocycles. The van der Waals surface area contributed by atoms with E-state index in [0.29, 0.717) is 5.57 Å². The number of nitrogens with zero attached hydrogens (tertiary/aromatic N) is 2. The van der Waals surface area contributed by atoms with Crippen molar-refractivity contribution in [1.82, 2.24) is 0 Å². The van der Waals surface area contributed by atoms with E-state index in [1.807, 2.05) is 51.2 Å². The number of ketones is 1. The second-order valence-corrected chi connectivity index (χ2v) is 6.40. The zero-order valence-corrected chi connectivity index (χ0v) is 14.9. The minimum atomic E-state index is -0.587. The van der Waals surface area contributed by atoms with Gasteiger partial charge in [0.2, 0.25) is 0 Å². The lowest BCUT2D eigenvalue weighted by atomic mass is 9.72. The molecule has 0 fully saturated rings. The summed E-state index contributed by atoms with van der Waals surface area (Å²) in [5.41, 5.74) is 2.87. The molecule has 3 heteroatoms. The van der Waals surface area contributed by atoms with Crippen LogP contribution in [0.1, 0.15) is 47.0 Å². The summed E-state index contributed by atoms with van der Waals surface area (Å²) >= 11 is 0. The Hall–Kier alpha value is -2.65. The summed E-state index contributed by atoms with van der Waals surface area (Å²) in [6.45, 7) is 7.27. The van der Waals surface area contributed by atoms with Gasteiger partial charge in [0, 0.05) is 5.57 Å². The molecule has 0 aliphatic heterocycles. The third kappa shape index (κ3) is 5.52. The number of carbonyl (C=O) groups excluding carboxylic acids is 1. The molecular formula is C21H24N2O. The van der Waals surface area contributed by atoms with Gasteiger partial charge in [0.05, 0.1) is 17.6 Å². The highest BCUT2D eigenvalue weighted by Crippen LogP contribution is 2.40. The van der Waals surface area contributed by atoms with E-state index in [9.17, 15) is 15.3 Å².